The van der Waals surface area contributed by atoms with Gasteiger partial charge in [0.1, 0.15) is 11.4 Å². The molecule has 9 N–H and O–H groups in total. The SMILES string of the molecule is CN1CCN(c2ccc(OC(F)(F)F)c(Nc3ncc4c(n3)-c3c(c(C(N)=O)nn3CCCN)CC4)c2)CC1.CN1CCN(c2ccc(OC(F)(F)F)c(Nc3ncc4c(n3)-c3n[nH]c(C(N)=O)c3CC4)c2)CC1.Cl. The lowest BCUT2D eigenvalue weighted by Crippen LogP contribution is -2.44. The standard InChI is InChI=1S/C25H30F3N9O2.C22H23F3N8O2.ClH/c1-35-9-11-36(12-10-35)16-4-6-19(39-25(26,27)28)18(13-16)32-24-31-14-15-3-5-17-21(23(30)38)34-37(8-2-7-29)22(17)20(15)33-24;1-32-6-8-33(9-7-32)13-3-5-16(35-22(23,24)25)15(10-13)28-21-27-11-12-2-4-14-18(17(12)29-21)30-31-19(14)20(26)34;/h4,6,13-14H,2-3,5,7-12,29H2,1H3,(H2,30,38)(H,31,32,33);3,5,10-11H,2,4,6-9H2,1H3,(H2,26,34)(H,30,31)(H,27,28,29);1H. The minimum Gasteiger partial charge on any atom is -0.404 e. The van der Waals surface area contributed by atoms with Gasteiger partial charge in [-0.05, 0) is 100 Å². The van der Waals surface area contributed by atoms with Crippen LogP contribution in [0.5, 0.6) is 11.5 Å². The van der Waals surface area contributed by atoms with Crippen molar-refractivity contribution in [3.05, 3.63) is 82.4 Å². The van der Waals surface area contributed by atoms with E-state index in [1.165, 1.54) is 12.1 Å². The summed E-state index contributed by atoms with van der Waals surface area (Å²) in [6.45, 7) is 7.21. The highest BCUT2D eigenvalue weighted by atomic mass is 35.5. The molecule has 0 radical (unpaired) electrons. The molecule has 4 aliphatic rings. The van der Waals surface area contributed by atoms with Gasteiger partial charge in [0, 0.05) is 93.8 Å². The van der Waals surface area contributed by atoms with Crippen LogP contribution in [-0.4, -0.2) is 147 Å². The number of H-pyrrole nitrogens is 1. The lowest BCUT2D eigenvalue weighted by Gasteiger charge is -2.34. The average Bonchev–Trinajstić information content (AvgIpc) is 3.98. The summed E-state index contributed by atoms with van der Waals surface area (Å²) >= 11 is 0. The molecule has 75 heavy (non-hydrogen) atoms. The minimum absolute atomic E-state index is 0. The first-order valence-corrected chi connectivity index (χ1v) is 23.7. The normalized spacial score (nSPS) is 15.5. The van der Waals surface area contributed by atoms with Crippen molar-refractivity contribution >= 4 is 58.9 Å². The van der Waals surface area contributed by atoms with Crippen LogP contribution in [0.15, 0.2) is 48.8 Å². The Balaban J connectivity index is 0.000000198. The fraction of sp³-hybridized carbons (Fsp3) is 0.404. The lowest BCUT2D eigenvalue weighted by atomic mass is 9.93. The highest BCUT2D eigenvalue weighted by Gasteiger charge is 2.35. The van der Waals surface area contributed by atoms with Gasteiger partial charge < -0.3 is 56.9 Å². The topological polar surface area (TPSA) is 266 Å². The van der Waals surface area contributed by atoms with Gasteiger partial charge in [-0.2, -0.15) is 10.2 Å². The number of rotatable bonds is 13. The number of hydrogen-bond donors (Lipinski definition) is 6. The molecule has 4 aromatic heterocycles. The Hall–Kier alpha value is -7.49. The van der Waals surface area contributed by atoms with Gasteiger partial charge in [-0.15, -0.1) is 38.7 Å². The van der Waals surface area contributed by atoms with Crippen LogP contribution >= 0.6 is 12.4 Å². The first-order valence-electron chi connectivity index (χ1n) is 23.7. The van der Waals surface area contributed by atoms with E-state index < -0.39 is 36.0 Å². The maximum absolute atomic E-state index is 13.2. The van der Waals surface area contributed by atoms with E-state index >= 15 is 0 Å². The second-order valence-electron chi connectivity index (χ2n) is 18.1. The monoisotopic (exact) mass is 1070 g/mol. The number of halogens is 7. The zero-order chi connectivity index (χ0) is 52.5. The van der Waals surface area contributed by atoms with Crippen molar-refractivity contribution in [2.24, 2.45) is 17.2 Å². The maximum atomic E-state index is 13.2. The summed E-state index contributed by atoms with van der Waals surface area (Å²) in [6.07, 6.45) is -3.67. The van der Waals surface area contributed by atoms with Crippen molar-refractivity contribution in [2.75, 3.05) is 93.4 Å². The fourth-order valence-electron chi connectivity index (χ4n) is 9.26. The number of carbonyl (C=O) groups is 2. The van der Waals surface area contributed by atoms with Crippen LogP contribution in [0.2, 0.25) is 0 Å². The van der Waals surface area contributed by atoms with E-state index in [-0.39, 0.29) is 47.1 Å². The number of aryl methyl sites for hydroxylation is 3. The molecular weight excluding hydrogens is 1020 g/mol. The van der Waals surface area contributed by atoms with Crippen LogP contribution < -0.4 is 47.1 Å². The molecule has 0 unspecified atom stereocenters. The number of alkyl halides is 6. The Kier molecular flexibility index (Phi) is 15.9. The van der Waals surface area contributed by atoms with Crippen molar-refractivity contribution in [2.45, 2.75) is 51.4 Å². The zero-order valence-corrected chi connectivity index (χ0v) is 41.5. The number of likely N-dealkylation sites (N-methyl/N-ethyl adjacent to an activating group) is 2. The van der Waals surface area contributed by atoms with E-state index in [1.54, 1.807) is 41.3 Å². The Morgan fingerprint density at radius 1 is 0.680 bits per heavy atom. The number of hydrogen-bond acceptors (Lipinski definition) is 17. The largest absolute Gasteiger partial charge is 0.573 e. The molecule has 0 saturated carbocycles. The van der Waals surface area contributed by atoms with Gasteiger partial charge in [-0.3, -0.25) is 19.4 Å². The van der Waals surface area contributed by atoms with E-state index in [2.05, 4.69) is 74.9 Å². The number of piperazine rings is 2. The number of primary amides is 2. The van der Waals surface area contributed by atoms with Gasteiger partial charge in [0.15, 0.2) is 17.2 Å². The molecule has 2 aliphatic heterocycles. The molecule has 28 heteroatoms. The van der Waals surface area contributed by atoms with Crippen molar-refractivity contribution in [1.29, 1.82) is 0 Å². The van der Waals surface area contributed by atoms with Crippen molar-refractivity contribution < 1.29 is 45.4 Å². The number of ether oxygens (including phenoxy) is 2. The highest BCUT2D eigenvalue weighted by Crippen LogP contribution is 2.40. The Morgan fingerprint density at radius 2 is 1.17 bits per heavy atom. The molecule has 6 aromatic rings. The molecule has 400 valence electrons. The van der Waals surface area contributed by atoms with Gasteiger partial charge >= 0.3 is 12.7 Å². The molecule has 0 bridgehead atoms. The number of carbonyl (C=O) groups excluding carboxylic acids is 2. The van der Waals surface area contributed by atoms with E-state index in [0.29, 0.717) is 79.1 Å². The fourth-order valence-corrected chi connectivity index (χ4v) is 9.26. The summed E-state index contributed by atoms with van der Waals surface area (Å²) in [5, 5.41) is 17.1. The predicted molar refractivity (Wildman–Crippen MR) is 268 cm³/mol. The molecule has 21 nitrogen and oxygen atoms in total. The Morgan fingerprint density at radius 3 is 1.65 bits per heavy atom. The van der Waals surface area contributed by atoms with Crippen molar-refractivity contribution in [3.63, 3.8) is 0 Å². The molecule has 2 saturated heterocycles. The number of aromatic nitrogens is 8. The van der Waals surface area contributed by atoms with E-state index in [4.69, 9.17) is 17.2 Å². The molecule has 2 aromatic carbocycles. The van der Waals surface area contributed by atoms with Crippen LogP contribution in [0.1, 0.15) is 49.7 Å². The van der Waals surface area contributed by atoms with Crippen LogP contribution in [0.4, 0.5) is 61.0 Å². The number of aromatic amines is 1. The van der Waals surface area contributed by atoms with Crippen molar-refractivity contribution in [3.8, 4) is 34.3 Å². The smallest absolute Gasteiger partial charge is 0.404 e. The summed E-state index contributed by atoms with van der Waals surface area (Å²) in [6, 6.07) is 9.00. The number of nitrogens with zero attached hydrogens (tertiary/aromatic N) is 11. The number of nitrogens with two attached hydrogens (primary N) is 3. The van der Waals surface area contributed by atoms with E-state index in [9.17, 15) is 35.9 Å². The zero-order valence-electron chi connectivity index (χ0n) is 40.7. The second-order valence-corrected chi connectivity index (χ2v) is 18.1. The molecule has 0 atom stereocenters. The third-order valence-electron chi connectivity index (χ3n) is 13.0. The third kappa shape index (κ3) is 12.4. The van der Waals surface area contributed by atoms with Gasteiger partial charge in [0.2, 0.25) is 11.9 Å². The van der Waals surface area contributed by atoms with Gasteiger partial charge in [-0.25, -0.2) is 19.9 Å². The molecule has 10 rings (SSSR count). The third-order valence-corrected chi connectivity index (χ3v) is 13.0. The summed E-state index contributed by atoms with van der Waals surface area (Å²) in [7, 11) is 4.05. The van der Waals surface area contributed by atoms with Crippen LogP contribution in [0, 0.1) is 0 Å². The Labute approximate surface area is 431 Å². The summed E-state index contributed by atoms with van der Waals surface area (Å²) in [4.78, 5) is 50.1. The van der Waals surface area contributed by atoms with Gasteiger partial charge in [0.25, 0.3) is 11.8 Å². The van der Waals surface area contributed by atoms with E-state index in [0.717, 1.165) is 74.9 Å². The molecule has 2 aliphatic carbocycles. The second kappa shape index (κ2) is 22.2. The summed E-state index contributed by atoms with van der Waals surface area (Å²) in [5.74, 6) is -1.90. The quantitative estimate of drug-likeness (QED) is 0.0816. The number of benzene rings is 2. The summed E-state index contributed by atoms with van der Waals surface area (Å²) in [5.41, 5.74) is 23.9. The predicted octanol–water partition coefficient (Wildman–Crippen LogP) is 5.16. The number of fused-ring (bicyclic) bond motifs is 6. The van der Waals surface area contributed by atoms with Gasteiger partial charge in [0.05, 0.1) is 28.5 Å². The molecular formula is C47H54ClF6N17O4. The van der Waals surface area contributed by atoms with E-state index in [1.807, 2.05) is 14.1 Å². The van der Waals surface area contributed by atoms with Gasteiger partial charge in [-0.1, -0.05) is 0 Å². The molecule has 2 fully saturated rings. The maximum Gasteiger partial charge on any atom is 0.573 e. The number of anilines is 6. The first-order chi connectivity index (χ1) is 35.3. The molecule has 2 amide bonds. The van der Waals surface area contributed by atoms with Crippen molar-refractivity contribution in [1.82, 2.24) is 49.7 Å². The Bertz CT molecular complexity index is 3050. The first kappa shape index (κ1) is 53.8. The van der Waals surface area contributed by atoms with Crippen LogP contribution in [-0.2, 0) is 32.2 Å². The van der Waals surface area contributed by atoms with Crippen LogP contribution in [0.3, 0.4) is 0 Å². The number of amides is 2. The van der Waals surface area contributed by atoms with Crippen LogP contribution in [0.25, 0.3) is 22.8 Å². The number of nitrogens with one attached hydrogen (secondary N) is 3. The highest BCUT2D eigenvalue weighted by molar-refractivity contribution is 5.95. The lowest BCUT2D eigenvalue weighted by molar-refractivity contribution is -0.275. The summed E-state index contributed by atoms with van der Waals surface area (Å²) < 4.78 is 89.1. The average molecular weight is 1070 g/mol. The molecule has 6 heterocycles. The molecule has 0 spiro atoms. The minimum atomic E-state index is -4.88.